The van der Waals surface area contributed by atoms with Gasteiger partial charge < -0.3 is 9.30 Å². The summed E-state index contributed by atoms with van der Waals surface area (Å²) in [6.07, 6.45) is 7.81. The molecule has 2 heterocycles. The van der Waals surface area contributed by atoms with Gasteiger partial charge in [0.05, 0.1) is 11.0 Å². The molecule has 1 aromatic carbocycles. The van der Waals surface area contributed by atoms with E-state index in [1.807, 2.05) is 42.7 Å². The molecule has 0 aliphatic heterocycles. The Morgan fingerprint density at radius 2 is 1.89 bits per heavy atom. The molecule has 0 unspecified atom stereocenters. The minimum Gasteiger partial charge on any atom is -0.474 e. The van der Waals surface area contributed by atoms with Crippen molar-refractivity contribution >= 4 is 27.5 Å². The predicted molar refractivity (Wildman–Crippen MR) is 108 cm³/mol. The summed E-state index contributed by atoms with van der Waals surface area (Å²) in [5.74, 6) is 2.14. The zero-order chi connectivity index (χ0) is 18.6. The normalized spacial score (nSPS) is 19.8. The molecule has 140 valence electrons. The maximum atomic E-state index is 6.08. The average Bonchev–Trinajstić information content (AvgIpc) is 3.14. The van der Waals surface area contributed by atoms with Gasteiger partial charge in [0.25, 0.3) is 0 Å². The second kappa shape index (κ2) is 8.40. The molecular weight excluding hydrogens is 428 g/mol. The van der Waals surface area contributed by atoms with Crippen LogP contribution in [0.15, 0.2) is 53.4 Å². The molecule has 1 fully saturated rings. The van der Waals surface area contributed by atoms with Gasteiger partial charge in [-0.2, -0.15) is 0 Å². The molecular formula is C20H20BrClN4O. The van der Waals surface area contributed by atoms with Gasteiger partial charge in [0.15, 0.2) is 0 Å². The van der Waals surface area contributed by atoms with E-state index in [2.05, 4.69) is 35.7 Å². The van der Waals surface area contributed by atoms with E-state index in [1.165, 1.54) is 5.56 Å². The molecule has 0 N–H and O–H groups in total. The fourth-order valence-corrected chi connectivity index (χ4v) is 4.02. The van der Waals surface area contributed by atoms with Crippen LogP contribution in [0.2, 0.25) is 5.02 Å². The van der Waals surface area contributed by atoms with Crippen molar-refractivity contribution in [2.45, 2.75) is 44.2 Å². The number of ether oxygens (including phenoxy) is 1. The van der Waals surface area contributed by atoms with Crippen molar-refractivity contribution < 1.29 is 4.74 Å². The Morgan fingerprint density at radius 3 is 2.63 bits per heavy atom. The number of nitrogens with zero attached hydrogens (tertiary/aromatic N) is 4. The summed E-state index contributed by atoms with van der Waals surface area (Å²) in [6.45, 7) is 0.761. The van der Waals surface area contributed by atoms with Gasteiger partial charge in [0.2, 0.25) is 5.88 Å². The van der Waals surface area contributed by atoms with Gasteiger partial charge in [-0.05, 0) is 71.4 Å². The summed E-state index contributed by atoms with van der Waals surface area (Å²) >= 11 is 9.47. The van der Waals surface area contributed by atoms with Gasteiger partial charge in [0.1, 0.15) is 18.3 Å². The topological polar surface area (TPSA) is 52.8 Å². The summed E-state index contributed by atoms with van der Waals surface area (Å²) in [5.41, 5.74) is 1.19. The molecule has 1 aliphatic rings. The van der Waals surface area contributed by atoms with Crippen LogP contribution in [-0.4, -0.2) is 25.9 Å². The smallest absolute Gasteiger partial charge is 0.228 e. The molecule has 4 rings (SSSR count). The van der Waals surface area contributed by atoms with E-state index in [9.17, 15) is 0 Å². The number of pyridine rings is 1. The van der Waals surface area contributed by atoms with Crippen LogP contribution in [0.4, 0.5) is 0 Å². The second-order valence-corrected chi connectivity index (χ2v) is 8.12. The number of hydrogen-bond donors (Lipinski definition) is 0. The lowest BCUT2D eigenvalue weighted by molar-refractivity contribution is 0.137. The number of halogens is 2. The minimum atomic E-state index is 0.195. The summed E-state index contributed by atoms with van der Waals surface area (Å²) in [6, 6.07) is 11.8. The first-order valence-electron chi connectivity index (χ1n) is 9.08. The van der Waals surface area contributed by atoms with Gasteiger partial charge in [-0.25, -0.2) is 4.98 Å². The van der Waals surface area contributed by atoms with Crippen LogP contribution in [0, 0.1) is 0 Å². The van der Waals surface area contributed by atoms with Gasteiger partial charge in [-0.1, -0.05) is 23.7 Å². The zero-order valence-corrected chi connectivity index (χ0v) is 17.1. The largest absolute Gasteiger partial charge is 0.474 e. The molecule has 7 heteroatoms. The molecule has 0 saturated heterocycles. The fraction of sp³-hybridized carbons (Fsp3) is 0.350. The monoisotopic (exact) mass is 446 g/mol. The first kappa shape index (κ1) is 18.4. The third-order valence-electron chi connectivity index (χ3n) is 4.95. The van der Waals surface area contributed by atoms with E-state index in [-0.39, 0.29) is 6.10 Å². The van der Waals surface area contributed by atoms with Gasteiger partial charge in [-0.15, -0.1) is 10.2 Å². The van der Waals surface area contributed by atoms with Crippen LogP contribution in [0.5, 0.6) is 5.88 Å². The third kappa shape index (κ3) is 4.50. The Labute approximate surface area is 171 Å². The van der Waals surface area contributed by atoms with E-state index in [0.717, 1.165) is 47.5 Å². The molecule has 0 amide bonds. The van der Waals surface area contributed by atoms with Gasteiger partial charge in [-0.3, -0.25) is 0 Å². The second-order valence-electron chi connectivity index (χ2n) is 6.83. The lowest BCUT2D eigenvalue weighted by atomic mass is 9.86. The number of aromatic nitrogens is 4. The van der Waals surface area contributed by atoms with E-state index >= 15 is 0 Å². The van der Waals surface area contributed by atoms with E-state index in [0.29, 0.717) is 11.8 Å². The Kier molecular flexibility index (Phi) is 5.74. The molecule has 0 bridgehead atoms. The van der Waals surface area contributed by atoms with Crippen LogP contribution in [0.1, 0.15) is 43.0 Å². The Bertz CT molecular complexity index is 891. The first-order valence-corrected chi connectivity index (χ1v) is 10.3. The highest BCUT2D eigenvalue weighted by Gasteiger charge is 2.27. The van der Waals surface area contributed by atoms with Crippen molar-refractivity contribution in [2.24, 2.45) is 0 Å². The lowest BCUT2D eigenvalue weighted by Gasteiger charge is -2.28. The molecule has 2 aromatic heterocycles. The van der Waals surface area contributed by atoms with Crippen LogP contribution < -0.4 is 4.74 Å². The van der Waals surface area contributed by atoms with E-state index in [1.54, 1.807) is 6.20 Å². The van der Waals surface area contributed by atoms with Gasteiger partial charge in [0, 0.05) is 17.1 Å². The predicted octanol–water partition coefficient (Wildman–Crippen LogP) is 5.24. The summed E-state index contributed by atoms with van der Waals surface area (Å²) in [7, 11) is 0. The molecule has 27 heavy (non-hydrogen) atoms. The van der Waals surface area contributed by atoms with Crippen molar-refractivity contribution in [3.63, 3.8) is 0 Å². The third-order valence-corrected chi connectivity index (χ3v) is 5.81. The molecule has 0 spiro atoms. The maximum Gasteiger partial charge on any atom is 0.228 e. The average molecular weight is 448 g/mol. The van der Waals surface area contributed by atoms with Crippen molar-refractivity contribution in [2.75, 3.05) is 0 Å². The molecule has 5 nitrogen and oxygen atoms in total. The molecule has 3 aromatic rings. The van der Waals surface area contributed by atoms with Crippen molar-refractivity contribution in [3.8, 4) is 5.88 Å². The Morgan fingerprint density at radius 1 is 1.11 bits per heavy atom. The van der Waals surface area contributed by atoms with E-state index < -0.39 is 0 Å². The Hall–Kier alpha value is -1.92. The van der Waals surface area contributed by atoms with Crippen LogP contribution in [0.25, 0.3) is 0 Å². The molecule has 0 atom stereocenters. The standard InChI is InChI=1S/C20H20BrClN4O/c21-18-2-1-11-23-20(18)27-17-9-5-15(6-10-17)19-25-24-13-26(19)12-14-3-7-16(22)8-4-14/h1-4,7-8,11,13,15,17H,5-6,9-10,12H2/t15-,17-. The quantitative estimate of drug-likeness (QED) is 0.536. The van der Waals surface area contributed by atoms with E-state index in [4.69, 9.17) is 16.3 Å². The van der Waals surface area contributed by atoms with Crippen LogP contribution in [-0.2, 0) is 6.54 Å². The van der Waals surface area contributed by atoms with Crippen molar-refractivity contribution in [1.29, 1.82) is 0 Å². The molecule has 0 radical (unpaired) electrons. The van der Waals surface area contributed by atoms with Crippen LogP contribution in [0.3, 0.4) is 0 Å². The SMILES string of the molecule is Clc1ccc(Cn2cnnc2[C@H]2CC[C@H](Oc3ncccc3Br)CC2)cc1. The zero-order valence-electron chi connectivity index (χ0n) is 14.8. The highest BCUT2D eigenvalue weighted by Crippen LogP contribution is 2.34. The summed E-state index contributed by atoms with van der Waals surface area (Å²) in [5, 5.41) is 9.30. The highest BCUT2D eigenvalue weighted by molar-refractivity contribution is 9.10. The first-order chi connectivity index (χ1) is 13.2. The number of hydrogen-bond acceptors (Lipinski definition) is 4. The fourth-order valence-electron chi connectivity index (χ4n) is 3.54. The summed E-state index contributed by atoms with van der Waals surface area (Å²) in [4.78, 5) is 4.30. The molecule has 1 aliphatic carbocycles. The minimum absolute atomic E-state index is 0.195. The number of rotatable bonds is 5. The Balaban J connectivity index is 1.38. The summed E-state index contributed by atoms with van der Waals surface area (Å²) < 4.78 is 9.12. The highest BCUT2D eigenvalue weighted by atomic mass is 79.9. The van der Waals surface area contributed by atoms with Crippen molar-refractivity contribution in [3.05, 3.63) is 69.8 Å². The van der Waals surface area contributed by atoms with Crippen molar-refractivity contribution in [1.82, 2.24) is 19.7 Å². The van der Waals surface area contributed by atoms with Gasteiger partial charge >= 0.3 is 0 Å². The number of benzene rings is 1. The maximum absolute atomic E-state index is 6.08. The lowest BCUT2D eigenvalue weighted by Crippen LogP contribution is -2.25. The molecule has 1 saturated carbocycles. The van der Waals surface area contributed by atoms with Crippen LogP contribution >= 0.6 is 27.5 Å².